The van der Waals surface area contributed by atoms with Gasteiger partial charge in [0.05, 0.1) is 38.7 Å². The number of alkyl halides is 6. The molecule has 0 radical (unpaired) electrons. The fourth-order valence-corrected chi connectivity index (χ4v) is 4.21. The van der Waals surface area contributed by atoms with Crippen molar-refractivity contribution in [3.05, 3.63) is 70.6 Å². The highest BCUT2D eigenvalue weighted by atomic mass is 19.3. The topological polar surface area (TPSA) is 93.4 Å². The van der Waals surface area contributed by atoms with Gasteiger partial charge in [0.25, 0.3) is 0 Å². The minimum Gasteiger partial charge on any atom is -0.496 e. The molecule has 0 amide bonds. The van der Waals surface area contributed by atoms with E-state index in [1.807, 2.05) is 12.1 Å². The molecule has 1 aromatic heterocycles. The van der Waals surface area contributed by atoms with Gasteiger partial charge in [0.15, 0.2) is 0 Å². The summed E-state index contributed by atoms with van der Waals surface area (Å²) in [6.45, 7) is 4.60. The number of carbonyl (C=O) groups is 1. The number of unbranched alkanes of at least 4 members (excludes halogenated alkanes) is 2. The van der Waals surface area contributed by atoms with Crippen LogP contribution in [0.3, 0.4) is 0 Å². The molecule has 8 nitrogen and oxygen atoms in total. The summed E-state index contributed by atoms with van der Waals surface area (Å²) >= 11 is 0. The molecule has 0 spiro atoms. The van der Waals surface area contributed by atoms with Gasteiger partial charge < -0.3 is 18.6 Å². The van der Waals surface area contributed by atoms with E-state index in [4.69, 9.17) is 13.9 Å². The monoisotopic (exact) mass is 660 g/mol. The zero-order valence-electron chi connectivity index (χ0n) is 25.4. The van der Waals surface area contributed by atoms with E-state index in [1.165, 1.54) is 32.2 Å². The van der Waals surface area contributed by atoms with E-state index in [9.17, 15) is 35.9 Å². The average molecular weight is 661 g/mol. The number of benzene rings is 2. The molecule has 0 atom stereocenters. The fourth-order valence-electron chi connectivity index (χ4n) is 4.21. The molecule has 46 heavy (non-hydrogen) atoms. The second kappa shape index (κ2) is 15.5. The Balaban J connectivity index is 1.61. The number of hydrogen-bond donors (Lipinski definition) is 0. The molecule has 0 aliphatic heterocycles. The second-order valence-corrected chi connectivity index (χ2v) is 10.3. The summed E-state index contributed by atoms with van der Waals surface area (Å²) in [6, 6.07) is 11.2. The van der Waals surface area contributed by atoms with E-state index in [0.717, 1.165) is 31.2 Å². The molecule has 0 bridgehead atoms. The summed E-state index contributed by atoms with van der Waals surface area (Å²) in [4.78, 5) is 24.1. The molecule has 0 saturated carbocycles. The standard InChI is InChI=1S/C32H34F6O8/c1-5-6-7-8-21-9-12-24(27(17-21)41-4)25-18-22-10-11-23(19-26(22)44-29(25)40)42-15-13-30(33,34)45-32(37,38)46-31(35,36)14-16-43-28(39)20(2)3/h9-12,17-19H,2,5-8,13-16H2,1,3-4H3. The number of methoxy groups -OCH3 is 1. The van der Waals surface area contributed by atoms with E-state index < -0.39 is 56.2 Å². The molecule has 1 heterocycles. The first-order valence-corrected chi connectivity index (χ1v) is 14.3. The van der Waals surface area contributed by atoms with E-state index in [1.54, 1.807) is 12.1 Å². The number of halogens is 6. The van der Waals surface area contributed by atoms with Crippen molar-refractivity contribution in [2.45, 2.75) is 70.9 Å². The largest absolute Gasteiger partial charge is 0.496 e. The number of hydrogen-bond acceptors (Lipinski definition) is 8. The first kappa shape index (κ1) is 36.4. The number of ether oxygens (including phenoxy) is 5. The summed E-state index contributed by atoms with van der Waals surface area (Å²) in [7, 11) is 1.49. The lowest BCUT2D eigenvalue weighted by atomic mass is 10.00. The van der Waals surface area contributed by atoms with Crippen LogP contribution < -0.4 is 15.1 Å². The Hall–Kier alpha value is -4.04. The van der Waals surface area contributed by atoms with Gasteiger partial charge in [0.2, 0.25) is 0 Å². The molecule has 0 unspecified atom stereocenters. The lowest BCUT2D eigenvalue weighted by Crippen LogP contribution is -2.41. The molecule has 3 aromatic rings. The van der Waals surface area contributed by atoms with Crippen LogP contribution in [-0.4, -0.2) is 44.8 Å². The van der Waals surface area contributed by atoms with Crippen molar-refractivity contribution >= 4 is 16.9 Å². The first-order chi connectivity index (χ1) is 21.5. The van der Waals surface area contributed by atoms with E-state index in [-0.39, 0.29) is 22.5 Å². The molecular weight excluding hydrogens is 626 g/mol. The van der Waals surface area contributed by atoms with Gasteiger partial charge in [-0.15, -0.1) is 8.78 Å². The van der Waals surface area contributed by atoms with Crippen molar-refractivity contribution in [2.24, 2.45) is 0 Å². The number of carbonyl (C=O) groups excluding carboxylic acids is 1. The Morgan fingerprint density at radius 3 is 2.20 bits per heavy atom. The molecule has 0 saturated heterocycles. The van der Waals surface area contributed by atoms with Crippen LogP contribution in [0.15, 0.2) is 63.8 Å². The maximum absolute atomic E-state index is 14.1. The van der Waals surface area contributed by atoms with Gasteiger partial charge in [-0.1, -0.05) is 38.5 Å². The predicted molar refractivity (Wildman–Crippen MR) is 155 cm³/mol. The number of rotatable bonds is 18. The third kappa shape index (κ3) is 10.8. The van der Waals surface area contributed by atoms with Crippen LogP contribution in [0.4, 0.5) is 26.3 Å². The summed E-state index contributed by atoms with van der Waals surface area (Å²) < 4.78 is 110. The Morgan fingerprint density at radius 1 is 0.891 bits per heavy atom. The molecule has 252 valence electrons. The van der Waals surface area contributed by atoms with Gasteiger partial charge in [0.1, 0.15) is 17.1 Å². The third-order valence-corrected chi connectivity index (χ3v) is 6.51. The molecule has 0 fully saturated rings. The molecule has 0 aliphatic rings. The number of fused-ring (bicyclic) bond motifs is 1. The summed E-state index contributed by atoms with van der Waals surface area (Å²) in [5.41, 5.74) is 1.04. The van der Waals surface area contributed by atoms with Gasteiger partial charge in [-0.3, -0.25) is 0 Å². The molecule has 3 rings (SSSR count). The maximum Gasteiger partial charge on any atom is 0.494 e. The number of aryl methyl sites for hydroxylation is 1. The lowest BCUT2D eigenvalue weighted by Gasteiger charge is -2.26. The zero-order chi connectivity index (χ0) is 34.1. The Bertz CT molecular complexity index is 1570. The number of esters is 1. The Labute approximate surface area is 260 Å². The maximum atomic E-state index is 14.1. The highest BCUT2D eigenvalue weighted by molar-refractivity contribution is 5.87. The van der Waals surface area contributed by atoms with Crippen molar-refractivity contribution in [2.75, 3.05) is 20.3 Å². The molecule has 0 aliphatic carbocycles. The quantitative estimate of drug-likeness (QED) is 0.0336. The van der Waals surface area contributed by atoms with Crippen LogP contribution in [-0.2, 0) is 25.4 Å². The lowest BCUT2D eigenvalue weighted by molar-refractivity contribution is -0.514. The van der Waals surface area contributed by atoms with Crippen LogP contribution in [0, 0.1) is 0 Å². The summed E-state index contributed by atoms with van der Waals surface area (Å²) in [5, 5.41) is 0.469. The first-order valence-electron chi connectivity index (χ1n) is 14.3. The van der Waals surface area contributed by atoms with Crippen molar-refractivity contribution in [1.82, 2.24) is 0 Å². The van der Waals surface area contributed by atoms with Crippen LogP contribution >= 0.6 is 0 Å². The zero-order valence-corrected chi connectivity index (χ0v) is 25.4. The van der Waals surface area contributed by atoms with Crippen LogP contribution in [0.25, 0.3) is 22.1 Å². The van der Waals surface area contributed by atoms with Crippen LogP contribution in [0.1, 0.15) is 51.5 Å². The van der Waals surface area contributed by atoms with Gasteiger partial charge in [-0.2, -0.15) is 17.6 Å². The Morgan fingerprint density at radius 2 is 1.57 bits per heavy atom. The minimum atomic E-state index is -5.41. The van der Waals surface area contributed by atoms with Crippen LogP contribution in [0.2, 0.25) is 0 Å². The van der Waals surface area contributed by atoms with E-state index >= 15 is 0 Å². The molecule has 14 heteroatoms. The van der Waals surface area contributed by atoms with E-state index in [0.29, 0.717) is 16.7 Å². The fraction of sp³-hybridized carbons (Fsp3) is 0.438. The normalized spacial score (nSPS) is 12.3. The van der Waals surface area contributed by atoms with Gasteiger partial charge in [-0.05, 0) is 49.6 Å². The van der Waals surface area contributed by atoms with Crippen molar-refractivity contribution in [3.63, 3.8) is 0 Å². The summed E-state index contributed by atoms with van der Waals surface area (Å²) in [5.74, 6) is -0.609. The van der Waals surface area contributed by atoms with E-state index in [2.05, 4.69) is 27.7 Å². The van der Waals surface area contributed by atoms with Gasteiger partial charge in [0, 0.05) is 22.6 Å². The summed E-state index contributed by atoms with van der Waals surface area (Å²) in [6.07, 6.45) is -13.7. The second-order valence-electron chi connectivity index (χ2n) is 10.3. The predicted octanol–water partition coefficient (Wildman–Crippen LogP) is 8.25. The highest BCUT2D eigenvalue weighted by Gasteiger charge is 2.52. The third-order valence-electron chi connectivity index (χ3n) is 6.51. The average Bonchev–Trinajstić information content (AvgIpc) is 2.95. The highest BCUT2D eigenvalue weighted by Crippen LogP contribution is 2.36. The Kier molecular flexibility index (Phi) is 12.3. The van der Waals surface area contributed by atoms with Gasteiger partial charge >= 0.3 is 30.1 Å². The molecular formula is C32H34F6O8. The minimum absolute atomic E-state index is 0.0490. The van der Waals surface area contributed by atoms with Crippen molar-refractivity contribution in [3.8, 4) is 22.6 Å². The molecule has 0 N–H and O–H groups in total. The SMILES string of the molecule is C=C(C)C(=O)OCCC(F)(F)OC(F)(F)OC(F)(F)CCOc1ccc2cc(-c3ccc(CCCCC)cc3OC)c(=O)oc2c1. The molecule has 2 aromatic carbocycles. The van der Waals surface area contributed by atoms with Crippen LogP contribution in [0.5, 0.6) is 11.5 Å². The van der Waals surface area contributed by atoms with Crippen molar-refractivity contribution < 1.29 is 59.2 Å². The van der Waals surface area contributed by atoms with Gasteiger partial charge in [-0.25, -0.2) is 19.1 Å². The smallest absolute Gasteiger partial charge is 0.494 e. The van der Waals surface area contributed by atoms with Crippen molar-refractivity contribution in [1.29, 1.82) is 0 Å².